The highest BCUT2D eigenvalue weighted by molar-refractivity contribution is 6.22. The van der Waals surface area contributed by atoms with Gasteiger partial charge in [0.25, 0.3) is 5.91 Å². The number of rotatable bonds is 5. The predicted molar refractivity (Wildman–Crippen MR) is 97.5 cm³/mol. The van der Waals surface area contributed by atoms with Crippen LogP contribution in [0.5, 0.6) is 0 Å². The number of hydrogen-bond donors (Lipinski definition) is 1. The molecule has 2 amide bonds. The smallest absolute Gasteiger partial charge is 0.251 e. The molecule has 0 unspecified atom stereocenters. The summed E-state index contributed by atoms with van der Waals surface area (Å²) < 4.78 is 0. The highest BCUT2D eigenvalue weighted by atomic mass is 16.3. The maximum atomic E-state index is 13.0. The van der Waals surface area contributed by atoms with Crippen LogP contribution in [-0.4, -0.2) is 47.1 Å². The van der Waals surface area contributed by atoms with Gasteiger partial charge in [-0.3, -0.25) is 14.5 Å². The Morgan fingerprint density at radius 3 is 2.52 bits per heavy atom. The average Bonchev–Trinajstić information content (AvgIpc) is 2.90. The summed E-state index contributed by atoms with van der Waals surface area (Å²) in [6, 6.07) is 7.54. The number of aliphatic hydroxyl groups is 1. The van der Waals surface area contributed by atoms with Gasteiger partial charge in [-0.25, -0.2) is 4.90 Å². The molecule has 2 saturated heterocycles. The van der Waals surface area contributed by atoms with E-state index in [-0.39, 0.29) is 36.9 Å². The van der Waals surface area contributed by atoms with Crippen molar-refractivity contribution < 1.29 is 14.7 Å². The zero-order valence-electron chi connectivity index (χ0n) is 15.1. The summed E-state index contributed by atoms with van der Waals surface area (Å²) in [7, 11) is 0. The molecule has 1 aromatic carbocycles. The van der Waals surface area contributed by atoms with E-state index in [0.29, 0.717) is 18.0 Å². The molecular formula is C20H28N2O3. The highest BCUT2D eigenvalue weighted by Gasteiger charge is 2.44. The van der Waals surface area contributed by atoms with Crippen LogP contribution in [0.3, 0.4) is 0 Å². The minimum Gasteiger partial charge on any atom is -0.396 e. The van der Waals surface area contributed by atoms with Crippen LogP contribution in [-0.2, 0) is 9.59 Å². The summed E-state index contributed by atoms with van der Waals surface area (Å²) in [4.78, 5) is 29.0. The molecule has 5 heteroatoms. The zero-order valence-corrected chi connectivity index (χ0v) is 15.1. The molecule has 1 N–H and O–H groups in total. The Balaban J connectivity index is 1.79. The molecule has 2 fully saturated rings. The maximum Gasteiger partial charge on any atom is 0.251 e. The van der Waals surface area contributed by atoms with Gasteiger partial charge in [-0.2, -0.15) is 0 Å². The van der Waals surface area contributed by atoms with Crippen molar-refractivity contribution >= 4 is 17.5 Å². The molecule has 3 rings (SSSR count). The highest BCUT2D eigenvalue weighted by Crippen LogP contribution is 2.31. The van der Waals surface area contributed by atoms with E-state index >= 15 is 0 Å². The first kappa shape index (κ1) is 18.1. The molecule has 2 heterocycles. The number of likely N-dealkylation sites (tertiary alicyclic amines) is 1. The fraction of sp³-hybridized carbons (Fsp3) is 0.600. The molecule has 0 bridgehead atoms. The molecule has 0 radical (unpaired) electrons. The predicted octanol–water partition coefficient (Wildman–Crippen LogP) is 2.68. The molecule has 0 spiro atoms. The van der Waals surface area contributed by atoms with Crippen LogP contribution in [0.15, 0.2) is 24.3 Å². The fourth-order valence-corrected chi connectivity index (χ4v) is 4.05. The Morgan fingerprint density at radius 1 is 1.16 bits per heavy atom. The van der Waals surface area contributed by atoms with Crippen molar-refractivity contribution in [2.24, 2.45) is 0 Å². The maximum absolute atomic E-state index is 13.0. The van der Waals surface area contributed by atoms with Crippen LogP contribution in [0, 0.1) is 0 Å². The summed E-state index contributed by atoms with van der Waals surface area (Å²) in [5, 5.41) is 9.31. The molecule has 2 aliphatic heterocycles. The van der Waals surface area contributed by atoms with Crippen molar-refractivity contribution in [2.45, 2.75) is 64.0 Å². The summed E-state index contributed by atoms with van der Waals surface area (Å²) in [6.07, 6.45) is 4.06. The molecule has 5 nitrogen and oxygen atoms in total. The van der Waals surface area contributed by atoms with Crippen molar-refractivity contribution in [3.05, 3.63) is 29.8 Å². The first-order valence-corrected chi connectivity index (χ1v) is 9.36. The summed E-state index contributed by atoms with van der Waals surface area (Å²) in [6.45, 7) is 5.19. The normalized spacial score (nSPS) is 25.2. The Hall–Kier alpha value is -1.72. The van der Waals surface area contributed by atoms with Gasteiger partial charge < -0.3 is 5.11 Å². The van der Waals surface area contributed by atoms with Gasteiger partial charge in [0.05, 0.1) is 18.2 Å². The van der Waals surface area contributed by atoms with Crippen LogP contribution >= 0.6 is 0 Å². The van der Waals surface area contributed by atoms with E-state index in [1.807, 2.05) is 24.3 Å². The van der Waals surface area contributed by atoms with Crippen LogP contribution in [0.4, 0.5) is 5.69 Å². The second-order valence-electron chi connectivity index (χ2n) is 7.43. The van der Waals surface area contributed by atoms with Gasteiger partial charge in [0.15, 0.2) is 0 Å². The minimum atomic E-state index is -0.380. The molecule has 25 heavy (non-hydrogen) atoms. The Labute approximate surface area is 149 Å². The molecule has 1 aromatic rings. The molecule has 0 aliphatic carbocycles. The average molecular weight is 344 g/mol. The van der Waals surface area contributed by atoms with Gasteiger partial charge in [-0.15, -0.1) is 0 Å². The minimum absolute atomic E-state index is 0.118. The molecular weight excluding hydrogens is 316 g/mol. The number of imide groups is 1. The number of nitrogens with zero attached hydrogens (tertiary/aromatic N) is 2. The van der Waals surface area contributed by atoms with E-state index in [0.717, 1.165) is 25.8 Å². The van der Waals surface area contributed by atoms with Crippen LogP contribution in [0.25, 0.3) is 0 Å². The van der Waals surface area contributed by atoms with Crippen molar-refractivity contribution in [3.63, 3.8) is 0 Å². The number of amides is 2. The molecule has 0 aromatic heterocycles. The fourth-order valence-electron chi connectivity index (χ4n) is 4.05. The molecule has 2 aliphatic rings. The van der Waals surface area contributed by atoms with E-state index in [1.165, 1.54) is 10.5 Å². The Morgan fingerprint density at radius 2 is 1.88 bits per heavy atom. The lowest BCUT2D eigenvalue weighted by molar-refractivity contribution is -0.123. The van der Waals surface area contributed by atoms with E-state index in [1.54, 1.807) is 0 Å². The standard InChI is InChI=1S/C20H28N2O3/c1-14(2)15-6-8-17(9-7-15)22-19(24)13-18(20(22)25)21-11-4-3-5-16(21)10-12-23/h6-9,14,16,18,23H,3-5,10-13H2,1-2H3/t16-,18-/m1/s1. The Kier molecular flexibility index (Phi) is 5.54. The third-order valence-corrected chi connectivity index (χ3v) is 5.48. The molecule has 0 saturated carbocycles. The Bertz CT molecular complexity index is 624. The van der Waals surface area contributed by atoms with Gasteiger partial charge >= 0.3 is 0 Å². The first-order valence-electron chi connectivity index (χ1n) is 9.36. The van der Waals surface area contributed by atoms with Crippen molar-refractivity contribution in [1.82, 2.24) is 4.90 Å². The number of hydrogen-bond acceptors (Lipinski definition) is 4. The molecule has 136 valence electrons. The number of carbonyl (C=O) groups is 2. The number of aliphatic hydroxyl groups excluding tert-OH is 1. The third kappa shape index (κ3) is 3.62. The third-order valence-electron chi connectivity index (χ3n) is 5.48. The van der Waals surface area contributed by atoms with Gasteiger partial charge in [0, 0.05) is 12.6 Å². The van der Waals surface area contributed by atoms with Gasteiger partial charge in [-0.05, 0) is 49.4 Å². The van der Waals surface area contributed by atoms with Gasteiger partial charge in [0.2, 0.25) is 5.91 Å². The first-order chi connectivity index (χ1) is 12.0. The van der Waals surface area contributed by atoms with Gasteiger partial charge in [-0.1, -0.05) is 32.4 Å². The number of benzene rings is 1. The second-order valence-corrected chi connectivity index (χ2v) is 7.43. The van der Waals surface area contributed by atoms with Crippen LogP contribution in [0.1, 0.15) is 57.4 Å². The summed E-state index contributed by atoms with van der Waals surface area (Å²) in [5.41, 5.74) is 1.86. The lowest BCUT2D eigenvalue weighted by Crippen LogP contribution is -2.50. The number of carbonyl (C=O) groups excluding carboxylic acids is 2. The summed E-state index contributed by atoms with van der Waals surface area (Å²) in [5.74, 6) is 0.173. The van der Waals surface area contributed by atoms with Crippen LogP contribution < -0.4 is 4.90 Å². The lowest BCUT2D eigenvalue weighted by atomic mass is 9.97. The van der Waals surface area contributed by atoms with Crippen molar-refractivity contribution in [1.29, 1.82) is 0 Å². The monoisotopic (exact) mass is 344 g/mol. The molecule has 2 atom stereocenters. The topological polar surface area (TPSA) is 60.9 Å². The van der Waals surface area contributed by atoms with E-state index in [9.17, 15) is 14.7 Å². The largest absolute Gasteiger partial charge is 0.396 e. The van der Waals surface area contributed by atoms with E-state index < -0.39 is 0 Å². The van der Waals surface area contributed by atoms with E-state index in [4.69, 9.17) is 0 Å². The van der Waals surface area contributed by atoms with Crippen LogP contribution in [0.2, 0.25) is 0 Å². The zero-order chi connectivity index (χ0) is 18.0. The lowest BCUT2D eigenvalue weighted by Gasteiger charge is -2.38. The second kappa shape index (κ2) is 7.67. The van der Waals surface area contributed by atoms with Crippen molar-refractivity contribution in [2.75, 3.05) is 18.1 Å². The van der Waals surface area contributed by atoms with E-state index in [2.05, 4.69) is 18.7 Å². The van der Waals surface area contributed by atoms with Crippen molar-refractivity contribution in [3.8, 4) is 0 Å². The number of piperidine rings is 1. The number of anilines is 1. The van der Waals surface area contributed by atoms with Gasteiger partial charge in [0.1, 0.15) is 0 Å². The summed E-state index contributed by atoms with van der Waals surface area (Å²) >= 11 is 0. The quantitative estimate of drug-likeness (QED) is 0.834. The SMILES string of the molecule is CC(C)c1ccc(N2C(=O)C[C@@H](N3CCCC[C@@H]3CCO)C2=O)cc1.